The maximum Gasteiger partial charge on any atom is 0.261 e. The van der Waals surface area contributed by atoms with Gasteiger partial charge in [-0.2, -0.15) is 0 Å². The molecular formula is C19H21BrFNO5. The zero-order chi connectivity index (χ0) is 20.0. The summed E-state index contributed by atoms with van der Waals surface area (Å²) in [6.07, 6.45) is -0.770. The Kier molecular flexibility index (Phi) is 7.29. The molecular weight excluding hydrogens is 421 g/mol. The van der Waals surface area contributed by atoms with E-state index in [0.29, 0.717) is 27.5 Å². The van der Waals surface area contributed by atoms with Crippen LogP contribution in [-0.2, 0) is 11.3 Å². The van der Waals surface area contributed by atoms with Crippen molar-refractivity contribution in [1.29, 1.82) is 0 Å². The van der Waals surface area contributed by atoms with E-state index in [9.17, 15) is 9.18 Å². The summed E-state index contributed by atoms with van der Waals surface area (Å²) < 4.78 is 35.0. The molecule has 0 saturated heterocycles. The summed E-state index contributed by atoms with van der Waals surface area (Å²) in [5.74, 6) is 1.15. The number of hydrogen-bond acceptors (Lipinski definition) is 5. The van der Waals surface area contributed by atoms with Crippen LogP contribution in [0.4, 0.5) is 4.39 Å². The highest BCUT2D eigenvalue weighted by molar-refractivity contribution is 9.10. The fraction of sp³-hybridized carbons (Fsp3) is 0.316. The van der Waals surface area contributed by atoms with Crippen molar-refractivity contribution >= 4 is 21.8 Å². The minimum absolute atomic E-state index is 0.244. The zero-order valence-electron chi connectivity index (χ0n) is 15.5. The SMILES string of the molecule is COc1cc(CNC(=O)C(C)Oc2ccc(F)cc2Br)cc(OC)c1OC. The summed E-state index contributed by atoms with van der Waals surface area (Å²) in [7, 11) is 4.57. The molecule has 6 nitrogen and oxygen atoms in total. The van der Waals surface area contributed by atoms with E-state index in [1.54, 1.807) is 19.1 Å². The summed E-state index contributed by atoms with van der Waals surface area (Å²) >= 11 is 3.21. The number of benzene rings is 2. The van der Waals surface area contributed by atoms with Gasteiger partial charge in [-0.25, -0.2) is 4.39 Å². The molecule has 0 aliphatic rings. The first-order valence-electron chi connectivity index (χ1n) is 8.07. The van der Waals surface area contributed by atoms with Crippen LogP contribution in [0.5, 0.6) is 23.0 Å². The van der Waals surface area contributed by atoms with Gasteiger partial charge in [0.15, 0.2) is 17.6 Å². The van der Waals surface area contributed by atoms with E-state index in [1.165, 1.54) is 39.5 Å². The van der Waals surface area contributed by atoms with Gasteiger partial charge in [0.2, 0.25) is 5.75 Å². The maximum absolute atomic E-state index is 13.1. The third kappa shape index (κ3) is 5.26. The van der Waals surface area contributed by atoms with Gasteiger partial charge < -0.3 is 24.3 Å². The lowest BCUT2D eigenvalue weighted by molar-refractivity contribution is -0.127. The molecule has 0 heterocycles. The number of halogens is 2. The van der Waals surface area contributed by atoms with Crippen molar-refractivity contribution in [2.75, 3.05) is 21.3 Å². The molecule has 0 spiro atoms. The number of carbonyl (C=O) groups excluding carboxylic acids is 1. The minimum Gasteiger partial charge on any atom is -0.493 e. The number of rotatable bonds is 8. The van der Waals surface area contributed by atoms with Crippen LogP contribution in [0.25, 0.3) is 0 Å². The van der Waals surface area contributed by atoms with E-state index >= 15 is 0 Å². The average molecular weight is 442 g/mol. The molecule has 1 amide bonds. The molecule has 1 atom stereocenters. The van der Waals surface area contributed by atoms with Gasteiger partial charge in [0.1, 0.15) is 11.6 Å². The van der Waals surface area contributed by atoms with E-state index in [2.05, 4.69) is 21.2 Å². The Hall–Kier alpha value is -2.48. The number of hydrogen-bond donors (Lipinski definition) is 1. The maximum atomic E-state index is 13.1. The zero-order valence-corrected chi connectivity index (χ0v) is 17.1. The second-order valence-corrected chi connectivity index (χ2v) is 6.44. The minimum atomic E-state index is -0.770. The first-order valence-corrected chi connectivity index (χ1v) is 8.87. The molecule has 146 valence electrons. The Morgan fingerprint density at radius 1 is 1.07 bits per heavy atom. The highest BCUT2D eigenvalue weighted by Gasteiger charge is 2.18. The van der Waals surface area contributed by atoms with Gasteiger partial charge in [0.25, 0.3) is 5.91 Å². The topological polar surface area (TPSA) is 66.0 Å². The van der Waals surface area contributed by atoms with Crippen molar-refractivity contribution in [2.24, 2.45) is 0 Å². The molecule has 0 aliphatic carbocycles. The van der Waals surface area contributed by atoms with Gasteiger partial charge in [-0.3, -0.25) is 4.79 Å². The molecule has 0 radical (unpaired) electrons. The molecule has 2 aromatic rings. The Morgan fingerprint density at radius 3 is 2.22 bits per heavy atom. The van der Waals surface area contributed by atoms with Crippen LogP contribution < -0.4 is 24.3 Å². The lowest BCUT2D eigenvalue weighted by atomic mass is 10.1. The monoisotopic (exact) mass is 441 g/mol. The smallest absolute Gasteiger partial charge is 0.261 e. The van der Waals surface area contributed by atoms with Crippen LogP contribution >= 0.6 is 15.9 Å². The van der Waals surface area contributed by atoms with Crippen LogP contribution in [-0.4, -0.2) is 33.3 Å². The lowest BCUT2D eigenvalue weighted by Crippen LogP contribution is -2.36. The molecule has 0 aromatic heterocycles. The number of methoxy groups -OCH3 is 3. The molecule has 0 saturated carbocycles. The Bertz CT molecular complexity index is 790. The predicted molar refractivity (Wildman–Crippen MR) is 102 cm³/mol. The van der Waals surface area contributed by atoms with Crippen molar-refractivity contribution in [3.63, 3.8) is 0 Å². The highest BCUT2D eigenvalue weighted by Crippen LogP contribution is 2.38. The first-order chi connectivity index (χ1) is 12.9. The fourth-order valence-corrected chi connectivity index (χ4v) is 2.83. The Balaban J connectivity index is 2.04. The van der Waals surface area contributed by atoms with Gasteiger partial charge in [-0.15, -0.1) is 0 Å². The molecule has 2 aromatic carbocycles. The van der Waals surface area contributed by atoms with Crippen LogP contribution in [0.1, 0.15) is 12.5 Å². The molecule has 0 aliphatic heterocycles. The van der Waals surface area contributed by atoms with Gasteiger partial charge in [-0.05, 0) is 58.7 Å². The lowest BCUT2D eigenvalue weighted by Gasteiger charge is -2.17. The van der Waals surface area contributed by atoms with Crippen molar-refractivity contribution in [2.45, 2.75) is 19.6 Å². The van der Waals surface area contributed by atoms with E-state index in [1.807, 2.05) is 0 Å². The van der Waals surface area contributed by atoms with E-state index in [0.717, 1.165) is 5.56 Å². The van der Waals surface area contributed by atoms with E-state index in [-0.39, 0.29) is 12.5 Å². The molecule has 2 rings (SSSR count). The predicted octanol–water partition coefficient (Wildman–Crippen LogP) is 3.70. The van der Waals surface area contributed by atoms with Crippen molar-refractivity contribution in [1.82, 2.24) is 5.32 Å². The first kappa shape index (κ1) is 20.8. The van der Waals surface area contributed by atoms with Gasteiger partial charge in [0, 0.05) is 6.54 Å². The number of ether oxygens (including phenoxy) is 4. The second kappa shape index (κ2) is 9.45. The van der Waals surface area contributed by atoms with Gasteiger partial charge in [-0.1, -0.05) is 0 Å². The standard InChI is InChI=1S/C19H21BrFNO5/c1-11(27-15-6-5-13(21)9-14(15)20)19(23)22-10-12-7-16(24-2)18(26-4)17(8-12)25-3/h5-9,11H,10H2,1-4H3,(H,22,23). The van der Waals surface area contributed by atoms with Crippen LogP contribution in [0.2, 0.25) is 0 Å². The molecule has 8 heteroatoms. The van der Waals surface area contributed by atoms with Crippen molar-refractivity contribution in [3.8, 4) is 23.0 Å². The molecule has 0 bridgehead atoms. The quantitative estimate of drug-likeness (QED) is 0.676. The second-order valence-electron chi connectivity index (χ2n) is 5.59. The third-order valence-corrected chi connectivity index (χ3v) is 4.38. The fourth-order valence-electron chi connectivity index (χ4n) is 2.39. The van der Waals surface area contributed by atoms with Crippen LogP contribution in [0.3, 0.4) is 0 Å². The highest BCUT2D eigenvalue weighted by atomic mass is 79.9. The number of amides is 1. The van der Waals surface area contributed by atoms with E-state index in [4.69, 9.17) is 18.9 Å². The molecule has 1 unspecified atom stereocenters. The normalized spacial score (nSPS) is 11.5. The molecule has 1 N–H and O–H groups in total. The van der Waals surface area contributed by atoms with Gasteiger partial charge >= 0.3 is 0 Å². The van der Waals surface area contributed by atoms with Crippen LogP contribution in [0, 0.1) is 5.82 Å². The summed E-state index contributed by atoms with van der Waals surface area (Å²) in [5, 5.41) is 2.78. The Morgan fingerprint density at radius 2 is 1.70 bits per heavy atom. The number of nitrogens with one attached hydrogen (secondary N) is 1. The summed E-state index contributed by atoms with van der Waals surface area (Å²) in [4.78, 5) is 12.3. The van der Waals surface area contributed by atoms with Crippen molar-refractivity contribution in [3.05, 3.63) is 46.2 Å². The van der Waals surface area contributed by atoms with E-state index < -0.39 is 11.9 Å². The largest absolute Gasteiger partial charge is 0.493 e. The van der Waals surface area contributed by atoms with Gasteiger partial charge in [0.05, 0.1) is 25.8 Å². The van der Waals surface area contributed by atoms with Crippen molar-refractivity contribution < 1.29 is 28.1 Å². The molecule has 0 fully saturated rings. The molecule has 27 heavy (non-hydrogen) atoms. The third-order valence-electron chi connectivity index (χ3n) is 3.76. The Labute approximate surface area is 165 Å². The summed E-state index contributed by atoms with van der Waals surface area (Å²) in [6, 6.07) is 7.51. The summed E-state index contributed by atoms with van der Waals surface area (Å²) in [6.45, 7) is 1.86. The average Bonchev–Trinajstić information content (AvgIpc) is 2.66. The number of carbonyl (C=O) groups is 1. The van der Waals surface area contributed by atoms with Crippen LogP contribution in [0.15, 0.2) is 34.8 Å². The summed E-state index contributed by atoms with van der Waals surface area (Å²) in [5.41, 5.74) is 0.771.